The average Bonchev–Trinajstić information content (AvgIpc) is 2.76. The number of hydrogen-bond acceptors (Lipinski definition) is 5. The van der Waals surface area contributed by atoms with Crippen LogP contribution in [0.4, 0.5) is 5.69 Å². The van der Waals surface area contributed by atoms with Crippen molar-refractivity contribution in [3.8, 4) is 17.1 Å². The molecule has 0 aliphatic carbocycles. The molecule has 3 aromatic rings. The summed E-state index contributed by atoms with van der Waals surface area (Å²) in [5.41, 5.74) is 2.91. The van der Waals surface area contributed by atoms with Gasteiger partial charge in [0.2, 0.25) is 11.2 Å². The van der Waals surface area contributed by atoms with Gasteiger partial charge in [0.15, 0.2) is 5.76 Å². The minimum absolute atomic E-state index is 0.213. The zero-order valence-corrected chi connectivity index (χ0v) is 17.7. The van der Waals surface area contributed by atoms with E-state index in [0.717, 1.165) is 44.0 Å². The maximum Gasteiger partial charge on any atom is 0.235 e. The summed E-state index contributed by atoms with van der Waals surface area (Å²) in [6.07, 6.45) is 0. The molecule has 0 atom stereocenters. The molecule has 3 rings (SSSR count). The van der Waals surface area contributed by atoms with E-state index in [0.29, 0.717) is 16.5 Å². The molecule has 0 saturated heterocycles. The third-order valence-electron chi connectivity index (χ3n) is 5.49. The molecule has 1 heterocycles. The van der Waals surface area contributed by atoms with Crippen molar-refractivity contribution >= 4 is 16.7 Å². The summed E-state index contributed by atoms with van der Waals surface area (Å²) in [5.74, 6) is -0.127. The normalized spacial score (nSPS) is 11.3. The number of nitrogens with zero attached hydrogens (tertiary/aromatic N) is 2. The predicted molar refractivity (Wildman–Crippen MR) is 120 cm³/mol. The molecule has 0 amide bonds. The first-order valence-corrected chi connectivity index (χ1v) is 10.4. The summed E-state index contributed by atoms with van der Waals surface area (Å²) >= 11 is 0. The molecule has 0 aliphatic rings. The van der Waals surface area contributed by atoms with Crippen LogP contribution in [0.3, 0.4) is 0 Å². The van der Waals surface area contributed by atoms with E-state index in [2.05, 4.69) is 37.5 Å². The third-order valence-corrected chi connectivity index (χ3v) is 5.49. The number of anilines is 1. The van der Waals surface area contributed by atoms with Gasteiger partial charge < -0.3 is 14.4 Å². The van der Waals surface area contributed by atoms with Crippen LogP contribution in [0.5, 0.6) is 5.75 Å². The van der Waals surface area contributed by atoms with Crippen molar-refractivity contribution in [3.63, 3.8) is 0 Å². The second-order valence-electron chi connectivity index (χ2n) is 7.12. The summed E-state index contributed by atoms with van der Waals surface area (Å²) in [6, 6.07) is 13.4. The first-order valence-electron chi connectivity index (χ1n) is 10.4. The zero-order valence-electron chi connectivity index (χ0n) is 17.7. The molecule has 0 unspecified atom stereocenters. The Balaban J connectivity index is 2.00. The van der Waals surface area contributed by atoms with Gasteiger partial charge in [-0.1, -0.05) is 19.9 Å². The van der Waals surface area contributed by atoms with Gasteiger partial charge >= 0.3 is 0 Å². The molecule has 0 saturated carbocycles. The Bertz CT molecular complexity index is 1020. The van der Waals surface area contributed by atoms with E-state index < -0.39 is 5.43 Å². The largest absolute Gasteiger partial charge is 0.502 e. The highest BCUT2D eigenvalue weighted by molar-refractivity contribution is 5.82. The Kier molecular flexibility index (Phi) is 6.60. The number of aromatic hydroxyl groups is 1. The van der Waals surface area contributed by atoms with E-state index in [1.807, 2.05) is 42.5 Å². The molecule has 0 spiro atoms. The summed E-state index contributed by atoms with van der Waals surface area (Å²) in [5, 5.41) is 11.0. The highest BCUT2D eigenvalue weighted by Gasteiger charge is 2.16. The first kappa shape index (κ1) is 20.9. The molecule has 5 nitrogen and oxygen atoms in total. The van der Waals surface area contributed by atoms with Gasteiger partial charge in [-0.25, -0.2) is 0 Å². The molecular formula is C24H30N2O3. The Labute approximate surface area is 172 Å². The van der Waals surface area contributed by atoms with E-state index >= 15 is 0 Å². The average molecular weight is 395 g/mol. The van der Waals surface area contributed by atoms with Crippen LogP contribution in [0.25, 0.3) is 22.3 Å². The number of rotatable bonds is 8. The van der Waals surface area contributed by atoms with Gasteiger partial charge in [-0.05, 0) is 68.9 Å². The van der Waals surface area contributed by atoms with Crippen molar-refractivity contribution in [1.82, 2.24) is 4.90 Å². The van der Waals surface area contributed by atoms with Gasteiger partial charge in [-0.2, -0.15) is 0 Å². The van der Waals surface area contributed by atoms with Crippen molar-refractivity contribution in [2.24, 2.45) is 0 Å². The van der Waals surface area contributed by atoms with Gasteiger partial charge in [-0.15, -0.1) is 0 Å². The lowest BCUT2D eigenvalue weighted by Crippen LogP contribution is -2.22. The van der Waals surface area contributed by atoms with Gasteiger partial charge in [0.25, 0.3) is 0 Å². The molecule has 5 heteroatoms. The second-order valence-corrected chi connectivity index (χ2v) is 7.12. The molecular weight excluding hydrogens is 364 g/mol. The number of benzene rings is 2. The molecule has 0 radical (unpaired) electrons. The maximum atomic E-state index is 12.8. The number of hydrogen-bond donors (Lipinski definition) is 1. The van der Waals surface area contributed by atoms with E-state index in [9.17, 15) is 9.90 Å². The Morgan fingerprint density at radius 2 is 1.55 bits per heavy atom. The van der Waals surface area contributed by atoms with Gasteiger partial charge in [-0.3, -0.25) is 9.69 Å². The predicted octanol–water partition coefficient (Wildman–Crippen LogP) is 4.85. The van der Waals surface area contributed by atoms with E-state index in [-0.39, 0.29) is 11.5 Å². The Hall–Kier alpha value is -2.79. The molecule has 2 aromatic carbocycles. The SMILES string of the molecule is CCN(CC)Cc1ccc2oc(-c3ccc(N(CC)CC)cc3)c(O)c(=O)c2c1. The van der Waals surface area contributed by atoms with Crippen LogP contribution in [0.2, 0.25) is 0 Å². The molecule has 0 aliphatic heterocycles. The summed E-state index contributed by atoms with van der Waals surface area (Å²) in [4.78, 5) is 17.3. The summed E-state index contributed by atoms with van der Waals surface area (Å²) < 4.78 is 5.95. The fraction of sp³-hybridized carbons (Fsp3) is 0.375. The standard InChI is InChI=1S/C24H30N2O3/c1-5-25(6-2)16-17-9-14-21-20(15-17)22(27)23(28)24(29-21)18-10-12-19(13-11-18)26(7-3)8-4/h9-15,28H,5-8,16H2,1-4H3. The van der Waals surface area contributed by atoms with Crippen LogP contribution in [0.1, 0.15) is 33.3 Å². The number of fused-ring (bicyclic) bond motifs is 1. The van der Waals surface area contributed by atoms with Crippen LogP contribution in [0.15, 0.2) is 51.7 Å². The Morgan fingerprint density at radius 1 is 0.897 bits per heavy atom. The quantitative estimate of drug-likeness (QED) is 0.592. The van der Waals surface area contributed by atoms with Crippen LogP contribution in [-0.2, 0) is 6.54 Å². The molecule has 0 bridgehead atoms. The molecule has 1 aromatic heterocycles. The Morgan fingerprint density at radius 3 is 2.14 bits per heavy atom. The van der Waals surface area contributed by atoms with E-state index in [1.54, 1.807) is 0 Å². The van der Waals surface area contributed by atoms with Crippen LogP contribution in [-0.4, -0.2) is 36.2 Å². The zero-order chi connectivity index (χ0) is 21.0. The second kappa shape index (κ2) is 9.14. The van der Waals surface area contributed by atoms with Crippen LogP contribution < -0.4 is 10.3 Å². The molecule has 0 fully saturated rings. The first-order chi connectivity index (χ1) is 14.0. The van der Waals surface area contributed by atoms with Crippen molar-refractivity contribution in [2.75, 3.05) is 31.1 Å². The van der Waals surface area contributed by atoms with Gasteiger partial charge in [0.05, 0.1) is 5.39 Å². The lowest BCUT2D eigenvalue weighted by Gasteiger charge is -2.21. The van der Waals surface area contributed by atoms with Crippen molar-refractivity contribution < 1.29 is 9.52 Å². The van der Waals surface area contributed by atoms with Crippen molar-refractivity contribution in [1.29, 1.82) is 0 Å². The molecule has 1 N–H and O–H groups in total. The van der Waals surface area contributed by atoms with Gasteiger partial charge in [0.1, 0.15) is 5.58 Å². The van der Waals surface area contributed by atoms with Gasteiger partial charge in [0, 0.05) is 30.9 Å². The van der Waals surface area contributed by atoms with Crippen LogP contribution >= 0.6 is 0 Å². The fourth-order valence-electron chi connectivity index (χ4n) is 3.64. The maximum absolute atomic E-state index is 12.8. The lowest BCUT2D eigenvalue weighted by molar-refractivity contribution is 0.296. The highest BCUT2D eigenvalue weighted by Crippen LogP contribution is 2.31. The lowest BCUT2D eigenvalue weighted by atomic mass is 10.1. The highest BCUT2D eigenvalue weighted by atomic mass is 16.4. The molecule has 29 heavy (non-hydrogen) atoms. The summed E-state index contributed by atoms with van der Waals surface area (Å²) in [6.45, 7) is 12.9. The molecule has 154 valence electrons. The third kappa shape index (κ3) is 4.30. The summed E-state index contributed by atoms with van der Waals surface area (Å²) in [7, 11) is 0. The minimum Gasteiger partial charge on any atom is -0.502 e. The topological polar surface area (TPSA) is 56.9 Å². The van der Waals surface area contributed by atoms with E-state index in [4.69, 9.17) is 4.42 Å². The van der Waals surface area contributed by atoms with E-state index in [1.165, 1.54) is 0 Å². The smallest absolute Gasteiger partial charge is 0.235 e. The van der Waals surface area contributed by atoms with Crippen molar-refractivity contribution in [2.45, 2.75) is 34.2 Å². The van der Waals surface area contributed by atoms with Crippen LogP contribution in [0, 0.1) is 0 Å². The fourth-order valence-corrected chi connectivity index (χ4v) is 3.64. The van der Waals surface area contributed by atoms with Crippen molar-refractivity contribution in [3.05, 3.63) is 58.3 Å². The minimum atomic E-state index is -0.393. The monoisotopic (exact) mass is 394 g/mol.